The van der Waals surface area contributed by atoms with Crippen LogP contribution in [-0.4, -0.2) is 22.3 Å². The largest absolute Gasteiger partial charge is 0.334 e. The van der Waals surface area contributed by atoms with Crippen LogP contribution in [0.3, 0.4) is 0 Å². The normalized spacial score (nSPS) is 13.6. The van der Waals surface area contributed by atoms with Gasteiger partial charge < -0.3 is 4.90 Å². The smallest absolute Gasteiger partial charge is 0.254 e. The van der Waals surface area contributed by atoms with Gasteiger partial charge in [-0.15, -0.1) is 11.3 Å². The second-order valence-corrected chi connectivity index (χ2v) is 7.24. The van der Waals surface area contributed by atoms with Crippen molar-refractivity contribution in [3.8, 4) is 11.3 Å². The summed E-state index contributed by atoms with van der Waals surface area (Å²) in [7, 11) is 0. The molecule has 25 heavy (non-hydrogen) atoms. The summed E-state index contributed by atoms with van der Waals surface area (Å²) < 4.78 is 14.1. The molecule has 3 nitrogen and oxygen atoms in total. The van der Waals surface area contributed by atoms with E-state index in [0.29, 0.717) is 29.9 Å². The number of rotatable bonds is 2. The minimum absolute atomic E-state index is 0.134. The molecule has 2 aromatic heterocycles. The molecule has 0 radical (unpaired) electrons. The summed E-state index contributed by atoms with van der Waals surface area (Å²) in [5.74, 6) is -0.553. The lowest BCUT2D eigenvalue weighted by molar-refractivity contribution is 0.0735. The van der Waals surface area contributed by atoms with Gasteiger partial charge in [-0.3, -0.25) is 9.78 Å². The van der Waals surface area contributed by atoms with E-state index in [0.717, 1.165) is 12.1 Å². The maximum atomic E-state index is 14.1. The van der Waals surface area contributed by atoms with Gasteiger partial charge in [0.25, 0.3) is 5.91 Å². The highest BCUT2D eigenvalue weighted by Gasteiger charge is 2.23. The molecule has 4 rings (SSSR count). The molecule has 0 aliphatic carbocycles. The van der Waals surface area contributed by atoms with Crippen molar-refractivity contribution in [3.05, 3.63) is 75.4 Å². The molecule has 5 heteroatoms. The van der Waals surface area contributed by atoms with Crippen molar-refractivity contribution in [1.29, 1.82) is 0 Å². The van der Waals surface area contributed by atoms with Crippen molar-refractivity contribution in [2.24, 2.45) is 0 Å². The first kappa shape index (κ1) is 16.0. The number of halogens is 1. The fourth-order valence-corrected chi connectivity index (χ4v) is 4.06. The van der Waals surface area contributed by atoms with E-state index in [1.54, 1.807) is 22.3 Å². The Kier molecular flexibility index (Phi) is 4.09. The Morgan fingerprint density at radius 1 is 1.24 bits per heavy atom. The maximum absolute atomic E-state index is 14.1. The summed E-state index contributed by atoms with van der Waals surface area (Å²) in [5, 5.41) is 2.06. The molecule has 0 bridgehead atoms. The van der Waals surface area contributed by atoms with Crippen LogP contribution in [0.25, 0.3) is 11.3 Å². The molecule has 0 saturated carbocycles. The first-order chi connectivity index (χ1) is 12.1. The molecule has 0 saturated heterocycles. The molecule has 3 heterocycles. The Bertz CT molecular complexity index is 950. The molecular weight excluding hydrogens is 335 g/mol. The Morgan fingerprint density at radius 3 is 2.96 bits per heavy atom. The highest BCUT2D eigenvalue weighted by atomic mass is 32.1. The number of thiophene rings is 1. The minimum Gasteiger partial charge on any atom is -0.334 e. The topological polar surface area (TPSA) is 33.2 Å². The van der Waals surface area contributed by atoms with Crippen LogP contribution in [0.2, 0.25) is 0 Å². The summed E-state index contributed by atoms with van der Waals surface area (Å²) in [6.07, 6.45) is 0.861. The van der Waals surface area contributed by atoms with Crippen molar-refractivity contribution in [2.75, 3.05) is 6.54 Å². The predicted octanol–water partition coefficient (Wildman–Crippen LogP) is 4.46. The lowest BCUT2D eigenvalue weighted by Gasteiger charge is -2.27. The molecule has 1 aliphatic rings. The second-order valence-electron chi connectivity index (χ2n) is 6.24. The lowest BCUT2D eigenvalue weighted by atomic mass is 10.0. The Balaban J connectivity index is 1.65. The van der Waals surface area contributed by atoms with Gasteiger partial charge in [0, 0.05) is 34.8 Å². The quantitative estimate of drug-likeness (QED) is 0.682. The van der Waals surface area contributed by atoms with Crippen molar-refractivity contribution in [2.45, 2.75) is 19.9 Å². The molecular formula is C20H17FN2OS. The van der Waals surface area contributed by atoms with E-state index in [-0.39, 0.29) is 5.91 Å². The van der Waals surface area contributed by atoms with Crippen molar-refractivity contribution in [3.63, 3.8) is 0 Å². The number of fused-ring (bicyclic) bond motifs is 1. The highest BCUT2D eigenvalue weighted by Crippen LogP contribution is 2.26. The number of aromatic nitrogens is 1. The molecule has 0 atom stereocenters. The third-order valence-electron chi connectivity index (χ3n) is 4.42. The zero-order valence-electron chi connectivity index (χ0n) is 13.8. The molecule has 0 spiro atoms. The minimum atomic E-state index is -0.419. The van der Waals surface area contributed by atoms with Crippen LogP contribution in [0.4, 0.5) is 4.39 Å². The van der Waals surface area contributed by atoms with E-state index >= 15 is 0 Å². The van der Waals surface area contributed by atoms with Crippen LogP contribution in [0.5, 0.6) is 0 Å². The van der Waals surface area contributed by atoms with Gasteiger partial charge in [-0.25, -0.2) is 4.39 Å². The van der Waals surface area contributed by atoms with E-state index in [1.807, 2.05) is 25.1 Å². The van der Waals surface area contributed by atoms with Gasteiger partial charge >= 0.3 is 0 Å². The number of nitrogens with zero attached hydrogens (tertiary/aromatic N) is 2. The monoisotopic (exact) mass is 352 g/mol. The summed E-state index contributed by atoms with van der Waals surface area (Å²) >= 11 is 1.73. The number of aryl methyl sites for hydroxylation is 1. The molecule has 126 valence electrons. The summed E-state index contributed by atoms with van der Waals surface area (Å²) in [5.41, 5.74) is 3.72. The fraction of sp³-hybridized carbons (Fsp3) is 0.200. The van der Waals surface area contributed by atoms with Crippen LogP contribution in [0.1, 0.15) is 26.5 Å². The van der Waals surface area contributed by atoms with Crippen LogP contribution < -0.4 is 0 Å². The Morgan fingerprint density at radius 2 is 2.12 bits per heavy atom. The fourth-order valence-electron chi connectivity index (χ4n) is 3.17. The summed E-state index contributed by atoms with van der Waals surface area (Å²) in [6.45, 7) is 3.15. The van der Waals surface area contributed by atoms with E-state index in [1.165, 1.54) is 22.6 Å². The van der Waals surface area contributed by atoms with Gasteiger partial charge in [0.15, 0.2) is 0 Å². The van der Waals surface area contributed by atoms with E-state index < -0.39 is 5.82 Å². The SMILES string of the molecule is Cc1cccc(-c2cc(F)cc(C(=O)N3CCc4sccc4C3)c2)n1. The molecule has 0 N–H and O–H groups in total. The third kappa shape index (κ3) is 3.20. The van der Waals surface area contributed by atoms with Gasteiger partial charge in [-0.05, 0) is 60.7 Å². The predicted molar refractivity (Wildman–Crippen MR) is 97.1 cm³/mol. The molecule has 1 aliphatic heterocycles. The van der Waals surface area contributed by atoms with Crippen LogP contribution in [0, 0.1) is 12.7 Å². The maximum Gasteiger partial charge on any atom is 0.254 e. The standard InChI is InChI=1S/C20H17FN2OS/c1-13-3-2-4-18(22-13)15-9-16(11-17(21)10-15)20(24)23-7-5-19-14(12-23)6-8-25-19/h2-4,6,8-11H,5,7,12H2,1H3. The van der Waals surface area contributed by atoms with Gasteiger partial charge in [0.1, 0.15) is 5.82 Å². The number of carbonyl (C=O) groups is 1. The number of hydrogen-bond donors (Lipinski definition) is 0. The summed E-state index contributed by atoms with van der Waals surface area (Å²) in [6, 6.07) is 12.1. The highest BCUT2D eigenvalue weighted by molar-refractivity contribution is 7.10. The molecule has 0 unspecified atom stereocenters. The molecule has 1 aromatic carbocycles. The lowest BCUT2D eigenvalue weighted by Crippen LogP contribution is -2.35. The van der Waals surface area contributed by atoms with Crippen LogP contribution in [-0.2, 0) is 13.0 Å². The van der Waals surface area contributed by atoms with Crippen LogP contribution in [0.15, 0.2) is 47.8 Å². The van der Waals surface area contributed by atoms with Crippen molar-refractivity contribution >= 4 is 17.2 Å². The van der Waals surface area contributed by atoms with Crippen molar-refractivity contribution < 1.29 is 9.18 Å². The Hall–Kier alpha value is -2.53. The number of amides is 1. The van der Waals surface area contributed by atoms with E-state index in [2.05, 4.69) is 16.4 Å². The van der Waals surface area contributed by atoms with Gasteiger partial charge in [-0.1, -0.05) is 6.07 Å². The second kappa shape index (κ2) is 6.41. The number of carbonyl (C=O) groups excluding carboxylic acids is 1. The molecule has 3 aromatic rings. The number of pyridine rings is 1. The first-order valence-electron chi connectivity index (χ1n) is 8.19. The zero-order chi connectivity index (χ0) is 17.4. The number of benzene rings is 1. The Labute approximate surface area is 149 Å². The average molecular weight is 352 g/mol. The third-order valence-corrected chi connectivity index (χ3v) is 5.45. The molecule has 0 fully saturated rings. The van der Waals surface area contributed by atoms with Crippen LogP contribution >= 0.6 is 11.3 Å². The van der Waals surface area contributed by atoms with E-state index in [9.17, 15) is 9.18 Å². The van der Waals surface area contributed by atoms with Gasteiger partial charge in [-0.2, -0.15) is 0 Å². The van der Waals surface area contributed by atoms with Gasteiger partial charge in [0.2, 0.25) is 0 Å². The van der Waals surface area contributed by atoms with Gasteiger partial charge in [0.05, 0.1) is 5.69 Å². The van der Waals surface area contributed by atoms with Crippen molar-refractivity contribution in [1.82, 2.24) is 9.88 Å². The zero-order valence-corrected chi connectivity index (χ0v) is 14.6. The molecule has 1 amide bonds. The average Bonchev–Trinajstić information content (AvgIpc) is 3.08. The van der Waals surface area contributed by atoms with E-state index in [4.69, 9.17) is 0 Å². The number of hydrogen-bond acceptors (Lipinski definition) is 3. The summed E-state index contributed by atoms with van der Waals surface area (Å²) in [4.78, 5) is 20.4. The first-order valence-corrected chi connectivity index (χ1v) is 9.07.